The summed E-state index contributed by atoms with van der Waals surface area (Å²) in [5.74, 6) is 0.189. The number of hydrazone groups is 1. The first-order chi connectivity index (χ1) is 18.9. The van der Waals surface area contributed by atoms with Crippen LogP contribution in [0.3, 0.4) is 0 Å². The van der Waals surface area contributed by atoms with Crippen molar-refractivity contribution in [3.63, 3.8) is 0 Å². The number of rotatable bonds is 8. The SMILES string of the molecule is COc1cc(/C=N\NC(=O)[C@@H](C)Oc2cccc3ccccc23)ccc1OC(=O)c1sc2ccccc2c1Cl. The molecular weight excluding hydrogens is 536 g/mol. The van der Waals surface area contributed by atoms with Crippen LogP contribution < -0.4 is 19.6 Å². The van der Waals surface area contributed by atoms with Gasteiger partial charge in [-0.05, 0) is 48.2 Å². The molecule has 5 rings (SSSR count). The van der Waals surface area contributed by atoms with Crippen molar-refractivity contribution in [2.24, 2.45) is 5.10 Å². The number of carbonyl (C=O) groups excluding carboxylic acids is 2. The summed E-state index contributed by atoms with van der Waals surface area (Å²) in [6.45, 7) is 1.65. The zero-order valence-corrected chi connectivity index (χ0v) is 22.6. The van der Waals surface area contributed by atoms with E-state index in [1.54, 1.807) is 25.1 Å². The minimum atomic E-state index is -0.773. The van der Waals surface area contributed by atoms with Gasteiger partial charge >= 0.3 is 5.97 Å². The van der Waals surface area contributed by atoms with Crippen molar-refractivity contribution in [3.8, 4) is 17.2 Å². The number of hydrogen-bond donors (Lipinski definition) is 1. The largest absolute Gasteiger partial charge is 0.493 e. The van der Waals surface area contributed by atoms with Gasteiger partial charge in [-0.2, -0.15) is 5.10 Å². The van der Waals surface area contributed by atoms with Crippen molar-refractivity contribution >= 4 is 61.9 Å². The maximum atomic E-state index is 12.8. The Morgan fingerprint density at radius 3 is 2.46 bits per heavy atom. The second kappa shape index (κ2) is 11.6. The van der Waals surface area contributed by atoms with E-state index in [9.17, 15) is 9.59 Å². The molecule has 1 atom stereocenters. The van der Waals surface area contributed by atoms with Crippen LogP contribution in [0.15, 0.2) is 90.0 Å². The standard InChI is InChI=1S/C30H23ClN2O5S/c1-18(37-23-12-7-9-20-8-3-4-10-21(20)23)29(34)33-32-17-19-14-15-24(25(16-19)36-2)38-30(35)28-27(31)22-11-5-6-13-26(22)39-28/h3-18H,1-2H3,(H,33,34)/b32-17-/t18-/m1/s1. The molecule has 0 saturated heterocycles. The number of fused-ring (bicyclic) bond motifs is 2. The molecule has 0 spiro atoms. The third-order valence-electron chi connectivity index (χ3n) is 5.92. The van der Waals surface area contributed by atoms with Crippen molar-refractivity contribution in [2.45, 2.75) is 13.0 Å². The number of hydrogen-bond acceptors (Lipinski definition) is 7. The summed E-state index contributed by atoms with van der Waals surface area (Å²) in [6, 6.07) is 25.9. The van der Waals surface area contributed by atoms with Gasteiger partial charge in [0.05, 0.1) is 18.3 Å². The summed E-state index contributed by atoms with van der Waals surface area (Å²) < 4.78 is 17.8. The first kappa shape index (κ1) is 26.2. The summed E-state index contributed by atoms with van der Waals surface area (Å²) in [7, 11) is 1.47. The van der Waals surface area contributed by atoms with Crippen LogP contribution in [0.25, 0.3) is 20.9 Å². The Kier molecular flexibility index (Phi) is 7.76. The van der Waals surface area contributed by atoms with Crippen LogP contribution in [0.1, 0.15) is 22.2 Å². The number of ether oxygens (including phenoxy) is 3. The van der Waals surface area contributed by atoms with Crippen LogP contribution in [0.2, 0.25) is 5.02 Å². The Bertz CT molecular complexity index is 1710. The van der Waals surface area contributed by atoms with E-state index < -0.39 is 18.0 Å². The van der Waals surface area contributed by atoms with Crippen molar-refractivity contribution in [1.29, 1.82) is 0 Å². The Morgan fingerprint density at radius 2 is 1.67 bits per heavy atom. The molecule has 0 bridgehead atoms. The molecule has 1 amide bonds. The van der Waals surface area contributed by atoms with Gasteiger partial charge in [-0.1, -0.05) is 66.2 Å². The molecule has 5 aromatic rings. The van der Waals surface area contributed by atoms with Gasteiger partial charge in [-0.15, -0.1) is 11.3 Å². The van der Waals surface area contributed by atoms with E-state index in [1.165, 1.54) is 24.7 Å². The number of nitrogens with zero attached hydrogens (tertiary/aromatic N) is 1. The predicted molar refractivity (Wildman–Crippen MR) is 155 cm³/mol. The molecule has 0 aliphatic carbocycles. The number of benzene rings is 4. The highest BCUT2D eigenvalue weighted by molar-refractivity contribution is 7.21. The Hall–Kier alpha value is -4.40. The molecule has 0 fully saturated rings. The van der Waals surface area contributed by atoms with Crippen molar-refractivity contribution in [1.82, 2.24) is 5.43 Å². The summed E-state index contributed by atoms with van der Waals surface area (Å²) in [6.07, 6.45) is 0.685. The highest BCUT2D eigenvalue weighted by atomic mass is 35.5. The molecule has 39 heavy (non-hydrogen) atoms. The van der Waals surface area contributed by atoms with Crippen molar-refractivity contribution in [3.05, 3.63) is 100 Å². The van der Waals surface area contributed by atoms with Gasteiger partial charge in [-0.3, -0.25) is 4.79 Å². The molecule has 0 unspecified atom stereocenters. The van der Waals surface area contributed by atoms with Crippen molar-refractivity contribution < 1.29 is 23.8 Å². The molecule has 0 aliphatic rings. The fourth-order valence-corrected chi connectivity index (χ4v) is 5.33. The highest BCUT2D eigenvalue weighted by Crippen LogP contribution is 2.37. The third kappa shape index (κ3) is 5.72. The average Bonchev–Trinajstić information content (AvgIpc) is 3.30. The van der Waals surface area contributed by atoms with Gasteiger partial charge in [0, 0.05) is 15.5 Å². The monoisotopic (exact) mass is 558 g/mol. The number of carbonyl (C=O) groups is 2. The van der Waals surface area contributed by atoms with E-state index in [0.29, 0.717) is 27.0 Å². The Morgan fingerprint density at radius 1 is 0.923 bits per heavy atom. The molecule has 7 nitrogen and oxygen atoms in total. The van der Waals surface area contributed by atoms with Gasteiger partial charge in [0.15, 0.2) is 17.6 Å². The number of methoxy groups -OCH3 is 1. The second-order valence-corrected chi connectivity index (χ2v) is 9.94. The Balaban J connectivity index is 1.23. The van der Waals surface area contributed by atoms with E-state index in [-0.39, 0.29) is 5.75 Å². The maximum Gasteiger partial charge on any atom is 0.355 e. The van der Waals surface area contributed by atoms with Crippen molar-refractivity contribution in [2.75, 3.05) is 7.11 Å². The molecular formula is C30H23ClN2O5S. The lowest BCUT2D eigenvalue weighted by Crippen LogP contribution is -2.33. The molecule has 1 heterocycles. The summed E-state index contributed by atoms with van der Waals surface area (Å²) in [5, 5.41) is 7.14. The average molecular weight is 559 g/mol. The lowest BCUT2D eigenvalue weighted by atomic mass is 10.1. The Labute approximate surface area is 233 Å². The van der Waals surface area contributed by atoms with Crippen LogP contribution in [-0.2, 0) is 4.79 Å². The fourth-order valence-electron chi connectivity index (χ4n) is 3.94. The molecule has 0 saturated carbocycles. The molecule has 0 aliphatic heterocycles. The molecule has 1 N–H and O–H groups in total. The number of amides is 1. The normalized spacial score (nSPS) is 12.0. The molecule has 196 valence electrons. The second-order valence-electron chi connectivity index (χ2n) is 8.51. The van der Waals surface area contributed by atoms with E-state index >= 15 is 0 Å². The molecule has 4 aromatic carbocycles. The quantitative estimate of drug-likeness (QED) is 0.0973. The topological polar surface area (TPSA) is 86.2 Å². The van der Waals surface area contributed by atoms with E-state index in [2.05, 4.69) is 10.5 Å². The lowest BCUT2D eigenvalue weighted by molar-refractivity contribution is -0.127. The van der Waals surface area contributed by atoms with E-state index in [0.717, 1.165) is 20.9 Å². The highest BCUT2D eigenvalue weighted by Gasteiger charge is 2.20. The summed E-state index contributed by atoms with van der Waals surface area (Å²) in [4.78, 5) is 25.7. The van der Waals surface area contributed by atoms with Crippen LogP contribution in [0.4, 0.5) is 0 Å². The number of thiophene rings is 1. The maximum absolute atomic E-state index is 12.8. The predicted octanol–water partition coefficient (Wildman–Crippen LogP) is 6.85. The molecule has 0 radical (unpaired) electrons. The van der Waals surface area contributed by atoms with E-state index in [4.69, 9.17) is 25.8 Å². The van der Waals surface area contributed by atoms with Gasteiger partial charge in [-0.25, -0.2) is 10.2 Å². The zero-order chi connectivity index (χ0) is 27.4. The smallest absolute Gasteiger partial charge is 0.355 e. The van der Waals surface area contributed by atoms with Gasteiger partial charge in [0.25, 0.3) is 5.91 Å². The van der Waals surface area contributed by atoms with Gasteiger partial charge < -0.3 is 14.2 Å². The lowest BCUT2D eigenvalue weighted by Gasteiger charge is -2.14. The summed E-state index contributed by atoms with van der Waals surface area (Å²) in [5.41, 5.74) is 3.11. The first-order valence-corrected chi connectivity index (χ1v) is 13.2. The number of esters is 1. The zero-order valence-electron chi connectivity index (χ0n) is 21.0. The minimum Gasteiger partial charge on any atom is -0.493 e. The van der Waals surface area contributed by atoms with Gasteiger partial charge in [0.2, 0.25) is 0 Å². The number of nitrogens with one attached hydrogen (secondary N) is 1. The molecule has 1 aromatic heterocycles. The minimum absolute atomic E-state index is 0.231. The van der Waals surface area contributed by atoms with Crippen LogP contribution in [-0.4, -0.2) is 31.3 Å². The van der Waals surface area contributed by atoms with Gasteiger partial charge in [0.1, 0.15) is 10.6 Å². The molecule has 9 heteroatoms. The first-order valence-electron chi connectivity index (χ1n) is 12.0. The number of halogens is 1. The van der Waals surface area contributed by atoms with Crippen LogP contribution in [0, 0.1) is 0 Å². The third-order valence-corrected chi connectivity index (χ3v) is 7.58. The van der Waals surface area contributed by atoms with E-state index in [1.807, 2.05) is 66.7 Å². The van der Waals surface area contributed by atoms with Crippen LogP contribution >= 0.6 is 22.9 Å². The summed E-state index contributed by atoms with van der Waals surface area (Å²) >= 11 is 7.68. The van der Waals surface area contributed by atoms with Crippen LogP contribution in [0.5, 0.6) is 17.2 Å². The fraction of sp³-hybridized carbons (Fsp3) is 0.100.